The number of likely N-dealkylation sites (tertiary alicyclic amines) is 1. The highest BCUT2D eigenvalue weighted by atomic mass is 19.4. The summed E-state index contributed by atoms with van der Waals surface area (Å²) < 4.78 is 84.9. The van der Waals surface area contributed by atoms with E-state index in [4.69, 9.17) is 15.2 Å². The van der Waals surface area contributed by atoms with Gasteiger partial charge in [-0.3, -0.25) is 4.90 Å². The Morgan fingerprint density at radius 3 is 2.64 bits per heavy atom. The van der Waals surface area contributed by atoms with Crippen molar-refractivity contribution in [1.29, 1.82) is 0 Å². The van der Waals surface area contributed by atoms with Crippen molar-refractivity contribution < 1.29 is 31.4 Å². The third-order valence-corrected chi connectivity index (χ3v) is 7.58. The summed E-state index contributed by atoms with van der Waals surface area (Å²) in [6.45, 7) is 1.81. The monoisotopic (exact) mass is 552 g/mol. The molecule has 0 radical (unpaired) electrons. The van der Waals surface area contributed by atoms with Gasteiger partial charge >= 0.3 is 6.18 Å². The Balaban J connectivity index is 1.53. The largest absolute Gasteiger partial charge is 0.479 e. The summed E-state index contributed by atoms with van der Waals surface area (Å²) >= 11 is 0. The van der Waals surface area contributed by atoms with E-state index in [2.05, 4.69) is 20.4 Å². The molecule has 2 N–H and O–H groups in total. The van der Waals surface area contributed by atoms with Crippen molar-refractivity contribution in [1.82, 2.24) is 34.5 Å². The second-order valence-corrected chi connectivity index (χ2v) is 9.95. The van der Waals surface area contributed by atoms with Crippen LogP contribution < -0.4 is 10.5 Å². The molecule has 3 aromatic heterocycles. The number of rotatable bonds is 5. The van der Waals surface area contributed by atoms with Gasteiger partial charge in [0, 0.05) is 11.8 Å². The number of piperidine rings is 1. The summed E-state index contributed by atoms with van der Waals surface area (Å²) in [6, 6.07) is 2.58. The van der Waals surface area contributed by atoms with Crippen LogP contribution in [0.3, 0.4) is 0 Å². The molecule has 2 aliphatic rings. The van der Waals surface area contributed by atoms with Gasteiger partial charge in [0.05, 0.1) is 44.3 Å². The third-order valence-electron chi connectivity index (χ3n) is 7.58. The molecule has 2 aliphatic heterocycles. The maximum atomic E-state index is 15.8. The second-order valence-electron chi connectivity index (χ2n) is 9.95. The van der Waals surface area contributed by atoms with Crippen LogP contribution in [0.1, 0.15) is 30.9 Å². The number of nitrogens with two attached hydrogens (primary N) is 1. The first-order chi connectivity index (χ1) is 18.5. The van der Waals surface area contributed by atoms with Gasteiger partial charge in [-0.1, -0.05) is 11.3 Å². The molecule has 6 rings (SSSR count). The van der Waals surface area contributed by atoms with Gasteiger partial charge in [-0.25, -0.2) is 18.0 Å². The van der Waals surface area contributed by atoms with Crippen molar-refractivity contribution in [2.24, 2.45) is 0 Å². The number of nitrogens with zero attached hydrogens (tertiary/aromatic N) is 7. The molecule has 4 aromatic rings. The molecule has 2 saturated heterocycles. The molecular formula is C24H25F5N8O2. The topological polar surface area (TPSA) is 109 Å². The minimum atomic E-state index is -4.57. The number of nitrogen functional groups attached to an aromatic ring is 1. The van der Waals surface area contributed by atoms with E-state index in [1.54, 1.807) is 11.0 Å². The van der Waals surface area contributed by atoms with E-state index >= 15 is 8.78 Å². The van der Waals surface area contributed by atoms with Gasteiger partial charge in [-0.15, -0.1) is 10.2 Å². The van der Waals surface area contributed by atoms with Crippen LogP contribution in [0, 0.1) is 0 Å². The number of hydrogen-bond donors (Lipinski definition) is 1. The molecule has 0 aliphatic carbocycles. The number of anilines is 1. The van der Waals surface area contributed by atoms with Crippen LogP contribution in [0.4, 0.5) is 27.9 Å². The van der Waals surface area contributed by atoms with Crippen LogP contribution in [0.15, 0.2) is 24.4 Å². The molecule has 2 atom stereocenters. The van der Waals surface area contributed by atoms with Crippen LogP contribution in [0.2, 0.25) is 0 Å². The maximum Gasteiger partial charge on any atom is 0.410 e. The summed E-state index contributed by atoms with van der Waals surface area (Å²) in [4.78, 5) is 5.86. The Morgan fingerprint density at radius 2 is 2.00 bits per heavy atom. The highest BCUT2D eigenvalue weighted by molar-refractivity contribution is 5.92. The normalized spacial score (nSPS) is 21.4. The molecule has 15 heteroatoms. The zero-order valence-corrected chi connectivity index (χ0v) is 21.0. The SMILES string of the molecule is COc1nc(N)nn2cc([C@H]3CCN(C4COC4)CC3(F)F)c(-c3ccc4nnn([C@@H](C)C(F)(F)F)c4c3)c12. The Hall–Kier alpha value is -3.59. The van der Waals surface area contributed by atoms with E-state index in [1.165, 1.54) is 30.0 Å². The Labute approximate surface area is 218 Å². The molecule has 10 nitrogen and oxygen atoms in total. The molecule has 0 bridgehead atoms. The van der Waals surface area contributed by atoms with Gasteiger partial charge in [-0.2, -0.15) is 18.2 Å². The first-order valence-electron chi connectivity index (χ1n) is 12.3. The van der Waals surface area contributed by atoms with Gasteiger partial charge in [0.15, 0.2) is 0 Å². The molecule has 0 unspecified atom stereocenters. The fourth-order valence-corrected chi connectivity index (χ4v) is 5.41. The van der Waals surface area contributed by atoms with Crippen LogP contribution in [-0.2, 0) is 4.74 Å². The van der Waals surface area contributed by atoms with Crippen LogP contribution in [0.5, 0.6) is 5.88 Å². The van der Waals surface area contributed by atoms with Gasteiger partial charge in [0.2, 0.25) is 11.8 Å². The molecule has 2 fully saturated rings. The summed E-state index contributed by atoms with van der Waals surface area (Å²) in [5.41, 5.74) is 7.41. The quantitative estimate of drug-likeness (QED) is 0.374. The number of fused-ring (bicyclic) bond motifs is 2. The summed E-state index contributed by atoms with van der Waals surface area (Å²) in [5, 5.41) is 11.8. The van der Waals surface area contributed by atoms with E-state index in [-0.39, 0.29) is 46.4 Å². The van der Waals surface area contributed by atoms with Crippen LogP contribution in [-0.4, -0.2) is 86.0 Å². The van der Waals surface area contributed by atoms with Gasteiger partial charge in [0.1, 0.15) is 17.1 Å². The van der Waals surface area contributed by atoms with Crippen molar-refractivity contribution in [3.05, 3.63) is 30.0 Å². The number of hydrogen-bond acceptors (Lipinski definition) is 8. The number of benzene rings is 1. The van der Waals surface area contributed by atoms with Gasteiger partial charge < -0.3 is 15.2 Å². The Morgan fingerprint density at radius 1 is 1.23 bits per heavy atom. The average molecular weight is 553 g/mol. The van der Waals surface area contributed by atoms with Gasteiger partial charge in [0.25, 0.3) is 5.92 Å². The zero-order valence-electron chi connectivity index (χ0n) is 21.0. The first kappa shape index (κ1) is 25.7. The molecule has 0 saturated carbocycles. The number of alkyl halides is 5. The van der Waals surface area contributed by atoms with Crippen molar-refractivity contribution in [2.75, 3.05) is 39.1 Å². The highest BCUT2D eigenvalue weighted by Gasteiger charge is 2.49. The number of halogens is 5. The molecule has 0 spiro atoms. The van der Waals surface area contributed by atoms with Crippen molar-refractivity contribution in [3.8, 4) is 17.0 Å². The lowest BCUT2D eigenvalue weighted by Crippen LogP contribution is -2.57. The van der Waals surface area contributed by atoms with Gasteiger partial charge in [-0.05, 0) is 43.1 Å². The van der Waals surface area contributed by atoms with E-state index in [0.29, 0.717) is 30.9 Å². The van der Waals surface area contributed by atoms with E-state index in [0.717, 1.165) is 11.6 Å². The summed E-state index contributed by atoms with van der Waals surface area (Å²) in [5.74, 6) is -4.40. The lowest BCUT2D eigenvalue weighted by atomic mass is 9.83. The number of ether oxygens (including phenoxy) is 2. The van der Waals surface area contributed by atoms with Crippen LogP contribution in [0.25, 0.3) is 27.7 Å². The van der Waals surface area contributed by atoms with Crippen molar-refractivity contribution >= 4 is 22.5 Å². The highest BCUT2D eigenvalue weighted by Crippen LogP contribution is 2.48. The zero-order chi connectivity index (χ0) is 27.7. The second kappa shape index (κ2) is 8.98. The minimum absolute atomic E-state index is 0.0408. The minimum Gasteiger partial charge on any atom is -0.479 e. The number of aromatic nitrogens is 6. The third kappa shape index (κ3) is 4.23. The van der Waals surface area contributed by atoms with Crippen molar-refractivity contribution in [2.45, 2.75) is 43.4 Å². The smallest absolute Gasteiger partial charge is 0.410 e. The summed E-state index contributed by atoms with van der Waals surface area (Å²) in [7, 11) is 1.36. The van der Waals surface area contributed by atoms with E-state index < -0.39 is 30.6 Å². The fourth-order valence-electron chi connectivity index (χ4n) is 5.41. The molecule has 39 heavy (non-hydrogen) atoms. The molecule has 5 heterocycles. The van der Waals surface area contributed by atoms with Crippen LogP contribution >= 0.6 is 0 Å². The summed E-state index contributed by atoms with van der Waals surface area (Å²) in [6.07, 6.45) is -2.95. The lowest BCUT2D eigenvalue weighted by Gasteiger charge is -2.44. The molecule has 0 amide bonds. The standard InChI is InChI=1S/C24H25F5N8O2/c1-12(24(27,28)29)37-18-7-13(3-4-17(18)32-34-37)19-15(8-36-20(19)21(38-2)31-22(30)33-36)16-5-6-35(11-23(16,25)26)14-9-39-10-14/h3-4,7-8,12,14,16H,5-6,9-11H2,1-2H3,(H2,30,33)/t12-,16+/m0/s1. The van der Waals surface area contributed by atoms with Crippen molar-refractivity contribution in [3.63, 3.8) is 0 Å². The molecular weight excluding hydrogens is 527 g/mol. The molecule has 208 valence electrons. The average Bonchev–Trinajstić information content (AvgIpc) is 3.41. The van der Waals surface area contributed by atoms with E-state index in [9.17, 15) is 13.2 Å². The lowest BCUT2D eigenvalue weighted by molar-refractivity contribution is -0.164. The first-order valence-corrected chi connectivity index (χ1v) is 12.3. The predicted octanol–water partition coefficient (Wildman–Crippen LogP) is 3.68. The predicted molar refractivity (Wildman–Crippen MR) is 130 cm³/mol. The van der Waals surface area contributed by atoms with E-state index in [1.807, 2.05) is 0 Å². The number of methoxy groups -OCH3 is 1. The fraction of sp³-hybridized carbons (Fsp3) is 0.500. The maximum absolute atomic E-state index is 15.8. The Kier molecular flexibility index (Phi) is 5.91. The Bertz CT molecular complexity index is 1550. The molecule has 1 aromatic carbocycles.